The van der Waals surface area contributed by atoms with Crippen molar-refractivity contribution in [1.29, 1.82) is 0 Å². The van der Waals surface area contributed by atoms with Gasteiger partial charge in [0.1, 0.15) is 0 Å². The maximum atomic E-state index is 5.83. The molecule has 0 radical (unpaired) electrons. The molecule has 0 amide bonds. The van der Waals surface area contributed by atoms with Crippen LogP contribution in [0.25, 0.3) is 0 Å². The highest BCUT2D eigenvalue weighted by molar-refractivity contribution is 4.80. The lowest BCUT2D eigenvalue weighted by molar-refractivity contribution is 0.316. The van der Waals surface area contributed by atoms with E-state index in [0.717, 1.165) is 5.92 Å². The van der Waals surface area contributed by atoms with Crippen molar-refractivity contribution in [1.82, 2.24) is 4.90 Å². The highest BCUT2D eigenvalue weighted by Crippen LogP contribution is 2.18. The van der Waals surface area contributed by atoms with E-state index in [9.17, 15) is 0 Å². The average molecular weight is 156 g/mol. The second-order valence-corrected chi connectivity index (χ2v) is 3.71. The maximum absolute atomic E-state index is 5.83. The van der Waals surface area contributed by atoms with E-state index in [4.69, 9.17) is 5.73 Å². The second-order valence-electron chi connectivity index (χ2n) is 3.71. The normalized spacial score (nSPS) is 29.2. The van der Waals surface area contributed by atoms with E-state index in [-0.39, 0.29) is 0 Å². The lowest BCUT2D eigenvalue weighted by Gasteiger charge is -2.16. The van der Waals surface area contributed by atoms with Crippen molar-refractivity contribution in [3.05, 3.63) is 0 Å². The Morgan fingerprint density at radius 3 is 2.82 bits per heavy atom. The summed E-state index contributed by atoms with van der Waals surface area (Å²) in [6, 6.07) is 0.386. The number of nitrogens with two attached hydrogens (primary N) is 1. The molecule has 2 unspecified atom stereocenters. The Balaban J connectivity index is 2.23. The highest BCUT2D eigenvalue weighted by Gasteiger charge is 2.23. The zero-order valence-electron chi connectivity index (χ0n) is 7.71. The molecule has 1 rings (SSSR count). The van der Waals surface area contributed by atoms with Gasteiger partial charge in [0, 0.05) is 12.6 Å². The molecule has 1 aliphatic heterocycles. The summed E-state index contributed by atoms with van der Waals surface area (Å²) in [6.45, 7) is 8.11. The van der Waals surface area contributed by atoms with Crippen LogP contribution < -0.4 is 5.73 Å². The van der Waals surface area contributed by atoms with Crippen molar-refractivity contribution in [3.8, 4) is 0 Å². The largest absolute Gasteiger partial charge is 0.328 e. The minimum Gasteiger partial charge on any atom is -0.328 e. The van der Waals surface area contributed by atoms with Gasteiger partial charge in [-0.2, -0.15) is 0 Å². The lowest BCUT2D eigenvalue weighted by atomic mass is 10.0. The summed E-state index contributed by atoms with van der Waals surface area (Å²) in [7, 11) is 0. The monoisotopic (exact) mass is 156 g/mol. The Bertz CT molecular complexity index is 112. The predicted octanol–water partition coefficient (Wildman–Crippen LogP) is 1.07. The third kappa shape index (κ3) is 2.46. The highest BCUT2D eigenvalue weighted by atomic mass is 15.1. The number of hydrogen-bond donors (Lipinski definition) is 1. The van der Waals surface area contributed by atoms with E-state index in [2.05, 4.69) is 18.7 Å². The van der Waals surface area contributed by atoms with Crippen LogP contribution in [-0.2, 0) is 0 Å². The van der Waals surface area contributed by atoms with Gasteiger partial charge in [-0.3, -0.25) is 0 Å². The lowest BCUT2D eigenvalue weighted by Crippen LogP contribution is -2.30. The smallest absolute Gasteiger partial charge is 0.00514 e. The van der Waals surface area contributed by atoms with E-state index in [1.165, 1.54) is 32.5 Å². The van der Waals surface area contributed by atoms with E-state index in [1.807, 2.05) is 0 Å². The molecule has 1 fully saturated rings. The Labute approximate surface area is 69.8 Å². The van der Waals surface area contributed by atoms with Gasteiger partial charge in [-0.15, -0.1) is 0 Å². The molecule has 2 atom stereocenters. The zero-order valence-corrected chi connectivity index (χ0v) is 7.71. The van der Waals surface area contributed by atoms with Crippen LogP contribution >= 0.6 is 0 Å². The first kappa shape index (κ1) is 9.01. The molecule has 0 aliphatic carbocycles. The fraction of sp³-hybridized carbons (Fsp3) is 1.00. The fourth-order valence-electron chi connectivity index (χ4n) is 1.81. The summed E-state index contributed by atoms with van der Waals surface area (Å²) in [4.78, 5) is 2.52. The number of hydrogen-bond acceptors (Lipinski definition) is 2. The molecule has 2 nitrogen and oxygen atoms in total. The molecule has 0 aromatic rings. The molecule has 0 bridgehead atoms. The average Bonchev–Trinajstić information content (AvgIpc) is 2.37. The molecule has 0 spiro atoms. The minimum absolute atomic E-state index is 0.386. The van der Waals surface area contributed by atoms with Crippen LogP contribution in [0, 0.1) is 5.92 Å². The third-order valence-electron chi connectivity index (χ3n) is 2.59. The fourth-order valence-corrected chi connectivity index (χ4v) is 1.81. The topological polar surface area (TPSA) is 29.3 Å². The van der Waals surface area contributed by atoms with Crippen molar-refractivity contribution in [2.45, 2.75) is 32.7 Å². The van der Waals surface area contributed by atoms with Crippen molar-refractivity contribution in [2.75, 3.05) is 19.6 Å². The molecule has 2 N–H and O–H groups in total. The van der Waals surface area contributed by atoms with Gasteiger partial charge in [-0.25, -0.2) is 0 Å². The van der Waals surface area contributed by atoms with Crippen molar-refractivity contribution in [2.24, 2.45) is 11.7 Å². The molecular formula is C9H20N2. The molecule has 2 heteroatoms. The van der Waals surface area contributed by atoms with Gasteiger partial charge in [-0.05, 0) is 38.8 Å². The second kappa shape index (κ2) is 4.07. The molecule has 1 heterocycles. The van der Waals surface area contributed by atoms with Crippen LogP contribution in [0.3, 0.4) is 0 Å². The van der Waals surface area contributed by atoms with Gasteiger partial charge >= 0.3 is 0 Å². The first-order valence-electron chi connectivity index (χ1n) is 4.72. The summed E-state index contributed by atoms with van der Waals surface area (Å²) in [5.74, 6) is 0.751. The van der Waals surface area contributed by atoms with Crippen molar-refractivity contribution >= 4 is 0 Å². The van der Waals surface area contributed by atoms with Gasteiger partial charge in [0.15, 0.2) is 0 Å². The molecule has 0 aromatic carbocycles. The van der Waals surface area contributed by atoms with Crippen LogP contribution in [0.2, 0.25) is 0 Å². The molecular weight excluding hydrogens is 136 g/mol. The van der Waals surface area contributed by atoms with Crippen LogP contribution in [0.15, 0.2) is 0 Å². The van der Waals surface area contributed by atoms with Crippen LogP contribution in [-0.4, -0.2) is 30.6 Å². The molecule has 0 saturated carbocycles. The Hall–Kier alpha value is -0.0800. The van der Waals surface area contributed by atoms with Crippen molar-refractivity contribution in [3.63, 3.8) is 0 Å². The minimum atomic E-state index is 0.386. The summed E-state index contributed by atoms with van der Waals surface area (Å²) in [6.07, 6.45) is 2.57. The van der Waals surface area contributed by atoms with Crippen molar-refractivity contribution < 1.29 is 0 Å². The quantitative estimate of drug-likeness (QED) is 0.662. The summed E-state index contributed by atoms with van der Waals surface area (Å²) in [5.41, 5.74) is 5.83. The van der Waals surface area contributed by atoms with Crippen LogP contribution in [0.1, 0.15) is 26.7 Å². The van der Waals surface area contributed by atoms with Crippen LogP contribution in [0.5, 0.6) is 0 Å². The van der Waals surface area contributed by atoms with Crippen LogP contribution in [0.4, 0.5) is 0 Å². The van der Waals surface area contributed by atoms with E-state index in [0.29, 0.717) is 6.04 Å². The molecule has 1 saturated heterocycles. The SMILES string of the molecule is CCCN1CCC(C(C)N)C1. The van der Waals surface area contributed by atoms with Gasteiger partial charge in [0.2, 0.25) is 0 Å². The van der Waals surface area contributed by atoms with Gasteiger partial charge in [-0.1, -0.05) is 6.92 Å². The summed E-state index contributed by atoms with van der Waals surface area (Å²) >= 11 is 0. The Morgan fingerprint density at radius 1 is 1.64 bits per heavy atom. The zero-order chi connectivity index (χ0) is 8.27. The van der Waals surface area contributed by atoms with Gasteiger partial charge in [0.25, 0.3) is 0 Å². The van der Waals surface area contributed by atoms with E-state index >= 15 is 0 Å². The van der Waals surface area contributed by atoms with Gasteiger partial charge in [0.05, 0.1) is 0 Å². The number of rotatable bonds is 3. The summed E-state index contributed by atoms with van der Waals surface area (Å²) < 4.78 is 0. The Morgan fingerprint density at radius 2 is 2.36 bits per heavy atom. The molecule has 11 heavy (non-hydrogen) atoms. The molecule has 66 valence electrons. The number of likely N-dealkylation sites (tertiary alicyclic amines) is 1. The molecule has 1 aliphatic rings. The summed E-state index contributed by atoms with van der Waals surface area (Å²) in [5, 5.41) is 0. The molecule has 0 aromatic heterocycles. The maximum Gasteiger partial charge on any atom is 0.00514 e. The van der Waals surface area contributed by atoms with Gasteiger partial charge < -0.3 is 10.6 Å². The first-order chi connectivity index (χ1) is 5.24. The number of nitrogens with zero attached hydrogens (tertiary/aromatic N) is 1. The Kier molecular flexibility index (Phi) is 3.34. The first-order valence-corrected chi connectivity index (χ1v) is 4.72. The third-order valence-corrected chi connectivity index (χ3v) is 2.59. The van der Waals surface area contributed by atoms with E-state index < -0.39 is 0 Å². The predicted molar refractivity (Wildman–Crippen MR) is 48.5 cm³/mol. The standard InChI is InChI=1S/C9H20N2/c1-3-5-11-6-4-9(7-11)8(2)10/h8-9H,3-7,10H2,1-2H3. The van der Waals surface area contributed by atoms with E-state index in [1.54, 1.807) is 0 Å².